The van der Waals surface area contributed by atoms with E-state index in [1.54, 1.807) is 0 Å². The Morgan fingerprint density at radius 3 is 2.42 bits per heavy atom. The van der Waals surface area contributed by atoms with Crippen LogP contribution in [0.3, 0.4) is 0 Å². The van der Waals surface area contributed by atoms with Crippen LogP contribution in [0.2, 0.25) is 0 Å². The van der Waals surface area contributed by atoms with Crippen LogP contribution in [0.5, 0.6) is 0 Å². The maximum Gasteiger partial charge on any atom is 0.437 e. The van der Waals surface area contributed by atoms with Crippen molar-refractivity contribution in [1.29, 1.82) is 0 Å². The first-order valence-electron chi connectivity index (χ1n) is 8.83. The Morgan fingerprint density at radius 2 is 1.84 bits per heavy atom. The third kappa shape index (κ3) is 4.50. The number of nitrogens with one attached hydrogen (secondary N) is 1. The van der Waals surface area contributed by atoms with Crippen LogP contribution in [0.25, 0.3) is 11.2 Å². The van der Waals surface area contributed by atoms with E-state index < -0.39 is 58.9 Å². The van der Waals surface area contributed by atoms with Gasteiger partial charge >= 0.3 is 29.4 Å². The van der Waals surface area contributed by atoms with Crippen molar-refractivity contribution in [2.45, 2.75) is 45.3 Å². The van der Waals surface area contributed by atoms with Crippen LogP contribution in [0, 0.1) is 10.1 Å². The number of aromatic nitrogens is 4. The van der Waals surface area contributed by atoms with Gasteiger partial charge < -0.3 is 29.1 Å². The van der Waals surface area contributed by atoms with Gasteiger partial charge in [0.1, 0.15) is 19.0 Å². The lowest BCUT2D eigenvalue weighted by atomic mass is 10.1. The third-order valence-corrected chi connectivity index (χ3v) is 4.21. The van der Waals surface area contributed by atoms with Gasteiger partial charge in [0.15, 0.2) is 18.4 Å². The highest BCUT2D eigenvalue weighted by Gasteiger charge is 2.51. The number of nitrogens with zero attached hydrogens (tertiary/aromatic N) is 4. The Kier molecular flexibility index (Phi) is 5.96. The van der Waals surface area contributed by atoms with Crippen molar-refractivity contribution in [3.63, 3.8) is 0 Å². The van der Waals surface area contributed by atoms with Crippen molar-refractivity contribution in [1.82, 2.24) is 19.5 Å². The molecule has 15 heteroatoms. The van der Waals surface area contributed by atoms with Crippen LogP contribution in [-0.2, 0) is 33.3 Å². The number of imidazole rings is 1. The minimum atomic E-state index is -1.26. The third-order valence-electron chi connectivity index (χ3n) is 4.21. The largest absolute Gasteiger partial charge is 0.463 e. The molecule has 1 saturated heterocycles. The molecule has 0 saturated carbocycles. The zero-order valence-electron chi connectivity index (χ0n) is 16.5. The summed E-state index contributed by atoms with van der Waals surface area (Å²) in [6.45, 7) is 3.05. The first kappa shape index (κ1) is 21.8. The van der Waals surface area contributed by atoms with Gasteiger partial charge in [-0.15, -0.1) is 0 Å². The predicted octanol–water partition coefficient (Wildman–Crippen LogP) is -0.648. The minimum absolute atomic E-state index is 0.229. The molecule has 2 aromatic heterocycles. The van der Waals surface area contributed by atoms with E-state index in [4.69, 9.17) is 18.9 Å². The molecule has 31 heavy (non-hydrogen) atoms. The zero-order chi connectivity index (χ0) is 22.9. The SMILES string of the molecule is CC(=O)OC[C@H]1O[C@@H](n2cnc3c(=O)[nH]c([N+](=O)[O-])nc32)[C@@H](OC(C)=O)[C@@H]1OC(C)=O. The average molecular weight is 439 g/mol. The molecule has 15 nitrogen and oxygen atoms in total. The summed E-state index contributed by atoms with van der Waals surface area (Å²) in [6.07, 6.45) is -3.67. The molecule has 4 atom stereocenters. The van der Waals surface area contributed by atoms with E-state index in [9.17, 15) is 29.3 Å². The van der Waals surface area contributed by atoms with Crippen molar-refractivity contribution < 1.29 is 38.3 Å². The van der Waals surface area contributed by atoms with Gasteiger partial charge in [0.05, 0.1) is 0 Å². The van der Waals surface area contributed by atoms with Gasteiger partial charge in [-0.05, 0) is 9.91 Å². The van der Waals surface area contributed by atoms with Gasteiger partial charge in [0, 0.05) is 20.8 Å². The highest BCUT2D eigenvalue weighted by atomic mass is 16.7. The number of aromatic amines is 1. The molecule has 0 aliphatic carbocycles. The topological polar surface area (TPSA) is 195 Å². The number of fused-ring (bicyclic) bond motifs is 1. The van der Waals surface area contributed by atoms with Crippen molar-refractivity contribution in [3.05, 3.63) is 26.8 Å². The molecule has 1 aliphatic rings. The van der Waals surface area contributed by atoms with Crippen molar-refractivity contribution in [3.8, 4) is 0 Å². The molecule has 0 bridgehead atoms. The maximum absolute atomic E-state index is 12.1. The summed E-state index contributed by atoms with van der Waals surface area (Å²) in [5.74, 6) is -2.94. The summed E-state index contributed by atoms with van der Waals surface area (Å²) in [5, 5.41) is 11.1. The fourth-order valence-corrected chi connectivity index (χ4v) is 3.10. The van der Waals surface area contributed by atoms with Gasteiger partial charge in [-0.2, -0.15) is 0 Å². The van der Waals surface area contributed by atoms with Gasteiger partial charge in [-0.1, -0.05) is 0 Å². The fourth-order valence-electron chi connectivity index (χ4n) is 3.10. The molecule has 1 N–H and O–H groups in total. The lowest BCUT2D eigenvalue weighted by molar-refractivity contribution is -0.394. The van der Waals surface area contributed by atoms with Gasteiger partial charge in [0.25, 0.3) is 0 Å². The number of esters is 3. The first-order valence-corrected chi connectivity index (χ1v) is 8.83. The molecule has 3 heterocycles. The molecule has 2 aromatic rings. The van der Waals surface area contributed by atoms with Crippen LogP contribution < -0.4 is 5.56 Å². The normalized spacial score (nSPS) is 22.8. The van der Waals surface area contributed by atoms with Gasteiger partial charge in [-0.3, -0.25) is 19.0 Å². The lowest BCUT2D eigenvalue weighted by Gasteiger charge is -2.23. The molecule has 1 fully saturated rings. The Balaban J connectivity index is 2.09. The van der Waals surface area contributed by atoms with Crippen LogP contribution in [-0.4, -0.2) is 67.3 Å². The molecule has 0 amide bonds. The standard InChI is InChI=1S/C16H17N5O10/c1-6(22)28-4-9-11(29-7(2)23)12(30-8(3)24)15(31-9)20-5-17-10-13(20)18-16(21(26)27)19-14(10)25/h5,9,11-12,15H,4H2,1-3H3,(H,18,19,25)/t9-,11-,12+,15-/m1/s1. The zero-order valence-corrected chi connectivity index (χ0v) is 16.5. The Morgan fingerprint density at radius 1 is 1.19 bits per heavy atom. The number of carbonyl (C=O) groups is 3. The summed E-state index contributed by atoms with van der Waals surface area (Å²) in [5.41, 5.74) is -1.33. The van der Waals surface area contributed by atoms with Crippen molar-refractivity contribution in [2.24, 2.45) is 0 Å². The number of nitro groups is 1. The predicted molar refractivity (Wildman–Crippen MR) is 96.5 cm³/mol. The first-order chi connectivity index (χ1) is 14.6. The highest BCUT2D eigenvalue weighted by Crippen LogP contribution is 2.35. The summed E-state index contributed by atoms with van der Waals surface area (Å²) in [6, 6.07) is 0. The van der Waals surface area contributed by atoms with Gasteiger partial charge in [0.2, 0.25) is 11.2 Å². The van der Waals surface area contributed by atoms with Crippen LogP contribution in [0.1, 0.15) is 27.0 Å². The lowest BCUT2D eigenvalue weighted by Crippen LogP contribution is -2.40. The number of hydrogen-bond donors (Lipinski definition) is 1. The highest BCUT2D eigenvalue weighted by molar-refractivity contribution is 5.71. The van der Waals surface area contributed by atoms with E-state index in [0.29, 0.717) is 0 Å². The quantitative estimate of drug-likeness (QED) is 0.259. The maximum atomic E-state index is 12.1. The van der Waals surface area contributed by atoms with E-state index in [2.05, 4.69) is 9.97 Å². The molecule has 0 spiro atoms. The van der Waals surface area contributed by atoms with Crippen molar-refractivity contribution in [2.75, 3.05) is 6.61 Å². The second-order valence-electron chi connectivity index (χ2n) is 6.49. The Hall–Kier alpha value is -3.88. The number of carbonyl (C=O) groups excluding carboxylic acids is 3. The Bertz CT molecular complexity index is 1110. The summed E-state index contributed by atoms with van der Waals surface area (Å²) in [7, 11) is 0. The monoisotopic (exact) mass is 439 g/mol. The Labute approximate surface area is 172 Å². The molecule has 3 rings (SSSR count). The van der Waals surface area contributed by atoms with E-state index in [1.165, 1.54) is 0 Å². The second kappa shape index (κ2) is 8.47. The minimum Gasteiger partial charge on any atom is -0.463 e. The van der Waals surface area contributed by atoms with Crippen LogP contribution >= 0.6 is 0 Å². The van der Waals surface area contributed by atoms with E-state index in [0.717, 1.165) is 31.7 Å². The smallest absolute Gasteiger partial charge is 0.437 e. The van der Waals surface area contributed by atoms with Crippen LogP contribution in [0.15, 0.2) is 11.1 Å². The molecule has 0 unspecified atom stereocenters. The van der Waals surface area contributed by atoms with E-state index >= 15 is 0 Å². The average Bonchev–Trinajstić information content (AvgIpc) is 3.21. The van der Waals surface area contributed by atoms with E-state index in [-0.39, 0.29) is 17.8 Å². The number of ether oxygens (including phenoxy) is 4. The molecule has 0 radical (unpaired) electrons. The van der Waals surface area contributed by atoms with Crippen LogP contribution in [0.4, 0.5) is 5.95 Å². The number of H-pyrrole nitrogens is 1. The van der Waals surface area contributed by atoms with Crippen molar-refractivity contribution >= 4 is 35.0 Å². The number of rotatable bonds is 6. The summed E-state index contributed by atoms with van der Waals surface area (Å²) in [4.78, 5) is 66.4. The molecule has 1 aliphatic heterocycles. The summed E-state index contributed by atoms with van der Waals surface area (Å²) >= 11 is 0. The second-order valence-corrected chi connectivity index (χ2v) is 6.49. The molecular weight excluding hydrogens is 422 g/mol. The fraction of sp³-hybridized carbons (Fsp3) is 0.500. The molecule has 0 aromatic carbocycles. The van der Waals surface area contributed by atoms with E-state index in [1.807, 2.05) is 4.98 Å². The molecular formula is C16H17N5O10. The molecule has 166 valence electrons. The summed E-state index contributed by atoms with van der Waals surface area (Å²) < 4.78 is 22.4. The van der Waals surface area contributed by atoms with Gasteiger partial charge in [-0.25, -0.2) is 14.8 Å². The number of hydrogen-bond acceptors (Lipinski definition) is 12.